The van der Waals surface area contributed by atoms with Gasteiger partial charge in [0, 0.05) is 55.6 Å². The van der Waals surface area contributed by atoms with Crippen LogP contribution in [0.3, 0.4) is 0 Å². The third-order valence-electron chi connectivity index (χ3n) is 9.24. The number of nitrogens with zero attached hydrogens (tertiary/aromatic N) is 4. The number of hydrogen-bond donors (Lipinski definition) is 1. The number of carbonyl (C=O) groups excluding carboxylic acids is 2. The van der Waals surface area contributed by atoms with Crippen LogP contribution in [-0.2, 0) is 29.1 Å². The summed E-state index contributed by atoms with van der Waals surface area (Å²) in [6, 6.07) is 20.7. The van der Waals surface area contributed by atoms with Crippen LogP contribution in [0.15, 0.2) is 79.3 Å². The highest BCUT2D eigenvalue weighted by Crippen LogP contribution is 2.28. The molecule has 4 aromatic rings. The standard InChI is InChI=1S/C36H43N5O4/c1-3-26(2)34(38-35(42)20-32-21-37-25-40(32)22-27-16-18-31(19-17-27)41(44)45)24-39(36(43)29-11-5-4-6-12-29)23-30-14-9-13-28-10-7-8-15-33(28)30/h7-10,13-19,21,25-26,29,34H,3-6,11-12,20,22-24H2,1-2H3,(H,38,42)/t26-,34+/m0/s1. The van der Waals surface area contributed by atoms with Crippen LogP contribution in [-0.4, -0.2) is 43.8 Å². The molecule has 1 aliphatic rings. The molecule has 1 aromatic heterocycles. The average molecular weight is 610 g/mol. The fraction of sp³-hybridized carbons (Fsp3) is 0.417. The van der Waals surface area contributed by atoms with Gasteiger partial charge in [-0.15, -0.1) is 0 Å². The van der Waals surface area contributed by atoms with Gasteiger partial charge in [0.2, 0.25) is 11.8 Å². The predicted octanol–water partition coefficient (Wildman–Crippen LogP) is 6.68. The Hall–Kier alpha value is -4.53. The fourth-order valence-corrected chi connectivity index (χ4v) is 6.35. The van der Waals surface area contributed by atoms with Gasteiger partial charge in [-0.25, -0.2) is 4.98 Å². The quantitative estimate of drug-likeness (QED) is 0.134. The average Bonchev–Trinajstić information content (AvgIpc) is 3.49. The molecule has 0 unspecified atom stereocenters. The molecule has 3 aromatic carbocycles. The Balaban J connectivity index is 1.32. The van der Waals surface area contributed by atoms with Gasteiger partial charge >= 0.3 is 0 Å². The van der Waals surface area contributed by atoms with Crippen molar-refractivity contribution in [3.8, 4) is 0 Å². The van der Waals surface area contributed by atoms with Crippen LogP contribution in [0.25, 0.3) is 10.8 Å². The Kier molecular flexibility index (Phi) is 10.6. The summed E-state index contributed by atoms with van der Waals surface area (Å²) in [4.78, 5) is 44.4. The fourth-order valence-electron chi connectivity index (χ4n) is 6.35. The number of imidazole rings is 1. The van der Waals surface area contributed by atoms with Crippen molar-refractivity contribution in [3.05, 3.63) is 106 Å². The molecule has 5 rings (SSSR count). The summed E-state index contributed by atoms with van der Waals surface area (Å²) < 4.78 is 1.89. The van der Waals surface area contributed by atoms with E-state index < -0.39 is 4.92 Å². The molecular weight excluding hydrogens is 566 g/mol. The first-order chi connectivity index (χ1) is 21.8. The van der Waals surface area contributed by atoms with Crippen LogP contribution in [0.5, 0.6) is 0 Å². The number of hydrogen-bond acceptors (Lipinski definition) is 5. The molecule has 9 heteroatoms. The number of nitro groups is 1. The summed E-state index contributed by atoms with van der Waals surface area (Å²) in [5.74, 6) is 0.247. The molecule has 1 saturated carbocycles. The van der Waals surface area contributed by atoms with Crippen molar-refractivity contribution in [2.45, 2.75) is 77.9 Å². The lowest BCUT2D eigenvalue weighted by Gasteiger charge is -2.35. The molecule has 1 N–H and O–H groups in total. The summed E-state index contributed by atoms with van der Waals surface area (Å²) in [6.07, 6.45) is 9.54. The van der Waals surface area contributed by atoms with E-state index in [1.165, 1.54) is 18.6 Å². The van der Waals surface area contributed by atoms with Crippen molar-refractivity contribution < 1.29 is 14.5 Å². The number of nitro benzene ring substituents is 1. The largest absolute Gasteiger partial charge is 0.351 e. The second-order valence-electron chi connectivity index (χ2n) is 12.4. The topological polar surface area (TPSA) is 110 Å². The first-order valence-electron chi connectivity index (χ1n) is 16.1. The SMILES string of the molecule is CC[C@H](C)[C@@H](CN(Cc1cccc2ccccc12)C(=O)C1CCCCC1)NC(=O)Cc1cncn1Cc1ccc([N+](=O)[O-])cc1. The highest BCUT2D eigenvalue weighted by Gasteiger charge is 2.30. The van der Waals surface area contributed by atoms with Crippen molar-refractivity contribution in [2.75, 3.05) is 6.54 Å². The molecule has 0 saturated heterocycles. The second kappa shape index (κ2) is 15.0. The van der Waals surface area contributed by atoms with Crippen molar-refractivity contribution in [1.82, 2.24) is 19.8 Å². The minimum Gasteiger partial charge on any atom is -0.351 e. The Morgan fingerprint density at radius 1 is 1.04 bits per heavy atom. The molecule has 2 amide bonds. The van der Waals surface area contributed by atoms with E-state index in [1.807, 2.05) is 21.6 Å². The molecule has 1 fully saturated rings. The first-order valence-corrected chi connectivity index (χ1v) is 16.1. The van der Waals surface area contributed by atoms with E-state index in [-0.39, 0.29) is 41.8 Å². The molecule has 0 aliphatic heterocycles. The van der Waals surface area contributed by atoms with E-state index in [0.29, 0.717) is 19.6 Å². The zero-order chi connectivity index (χ0) is 31.8. The number of rotatable bonds is 13. The number of carbonyl (C=O) groups is 2. The summed E-state index contributed by atoms with van der Waals surface area (Å²) in [5, 5.41) is 16.6. The molecule has 0 bridgehead atoms. The molecular formula is C36H43N5O4. The highest BCUT2D eigenvalue weighted by molar-refractivity contribution is 5.86. The lowest BCUT2D eigenvalue weighted by molar-refractivity contribution is -0.384. The van der Waals surface area contributed by atoms with Crippen LogP contribution in [0.1, 0.15) is 69.2 Å². The Labute approximate surface area is 264 Å². The van der Waals surface area contributed by atoms with E-state index in [1.54, 1.807) is 24.7 Å². The summed E-state index contributed by atoms with van der Waals surface area (Å²) in [6.45, 7) is 5.64. The van der Waals surface area contributed by atoms with Gasteiger partial charge in [-0.1, -0.05) is 94.1 Å². The molecule has 1 heterocycles. The summed E-state index contributed by atoms with van der Waals surface area (Å²) in [7, 11) is 0. The third-order valence-corrected chi connectivity index (χ3v) is 9.24. The van der Waals surface area contributed by atoms with Gasteiger partial charge in [-0.05, 0) is 40.7 Å². The highest BCUT2D eigenvalue weighted by atomic mass is 16.6. The smallest absolute Gasteiger partial charge is 0.269 e. The van der Waals surface area contributed by atoms with Gasteiger partial charge in [0.1, 0.15) is 0 Å². The molecule has 0 spiro atoms. The Morgan fingerprint density at radius 2 is 1.78 bits per heavy atom. The molecule has 1 aliphatic carbocycles. The van der Waals surface area contributed by atoms with Crippen LogP contribution >= 0.6 is 0 Å². The third kappa shape index (κ3) is 8.15. The van der Waals surface area contributed by atoms with Gasteiger partial charge in [0.05, 0.1) is 17.7 Å². The molecule has 236 valence electrons. The van der Waals surface area contributed by atoms with Crippen molar-refractivity contribution >= 4 is 28.3 Å². The van der Waals surface area contributed by atoms with E-state index in [9.17, 15) is 19.7 Å². The summed E-state index contributed by atoms with van der Waals surface area (Å²) in [5.41, 5.74) is 2.78. The predicted molar refractivity (Wildman–Crippen MR) is 175 cm³/mol. The zero-order valence-electron chi connectivity index (χ0n) is 26.2. The lowest BCUT2D eigenvalue weighted by Crippen LogP contribution is -2.50. The van der Waals surface area contributed by atoms with Crippen LogP contribution < -0.4 is 5.32 Å². The van der Waals surface area contributed by atoms with Gasteiger partial charge in [-0.2, -0.15) is 0 Å². The van der Waals surface area contributed by atoms with E-state index in [2.05, 4.69) is 54.5 Å². The second-order valence-corrected chi connectivity index (χ2v) is 12.4. The summed E-state index contributed by atoms with van der Waals surface area (Å²) >= 11 is 0. The van der Waals surface area contributed by atoms with Gasteiger partial charge in [0.25, 0.3) is 5.69 Å². The van der Waals surface area contributed by atoms with Gasteiger partial charge < -0.3 is 14.8 Å². The lowest BCUT2D eigenvalue weighted by atomic mass is 9.87. The molecule has 9 nitrogen and oxygen atoms in total. The van der Waals surface area contributed by atoms with E-state index >= 15 is 0 Å². The first kappa shape index (κ1) is 31.9. The minimum atomic E-state index is -0.420. The van der Waals surface area contributed by atoms with Crippen molar-refractivity contribution in [1.29, 1.82) is 0 Å². The number of amides is 2. The molecule has 45 heavy (non-hydrogen) atoms. The Morgan fingerprint density at radius 3 is 2.51 bits per heavy atom. The van der Waals surface area contributed by atoms with Gasteiger partial charge in [0.15, 0.2) is 0 Å². The molecule has 2 atom stereocenters. The van der Waals surface area contributed by atoms with Crippen LogP contribution in [0.4, 0.5) is 5.69 Å². The van der Waals surface area contributed by atoms with E-state index in [4.69, 9.17) is 0 Å². The van der Waals surface area contributed by atoms with Gasteiger partial charge in [-0.3, -0.25) is 19.7 Å². The van der Waals surface area contributed by atoms with Crippen molar-refractivity contribution in [2.24, 2.45) is 11.8 Å². The normalized spacial score (nSPS) is 15.0. The number of benzene rings is 3. The van der Waals surface area contributed by atoms with E-state index in [0.717, 1.165) is 59.7 Å². The monoisotopic (exact) mass is 609 g/mol. The minimum absolute atomic E-state index is 0.0239. The molecule has 0 radical (unpaired) electrons. The zero-order valence-corrected chi connectivity index (χ0v) is 26.2. The number of fused-ring (bicyclic) bond motifs is 1. The number of aromatic nitrogens is 2. The maximum atomic E-state index is 14.1. The van der Waals surface area contributed by atoms with Crippen LogP contribution in [0.2, 0.25) is 0 Å². The maximum absolute atomic E-state index is 14.1. The van der Waals surface area contributed by atoms with Crippen LogP contribution in [0, 0.1) is 22.0 Å². The van der Waals surface area contributed by atoms with Crippen molar-refractivity contribution in [3.63, 3.8) is 0 Å². The Bertz CT molecular complexity index is 1600. The number of nitrogens with one attached hydrogen (secondary N) is 1. The number of non-ortho nitro benzene ring substituents is 1. The maximum Gasteiger partial charge on any atom is 0.269 e.